The van der Waals surface area contributed by atoms with Crippen molar-refractivity contribution >= 4 is 0 Å². The molecule has 2 fully saturated rings. The summed E-state index contributed by atoms with van der Waals surface area (Å²) in [6, 6.07) is 19.2. The van der Waals surface area contributed by atoms with Crippen LogP contribution in [0, 0.1) is 11.8 Å². The van der Waals surface area contributed by atoms with Crippen LogP contribution in [0.15, 0.2) is 60.7 Å². The molecule has 0 spiro atoms. The summed E-state index contributed by atoms with van der Waals surface area (Å²) < 4.78 is 12.1. The summed E-state index contributed by atoms with van der Waals surface area (Å²) in [5, 5.41) is 21.0. The molecule has 0 radical (unpaired) electrons. The van der Waals surface area contributed by atoms with E-state index >= 15 is 0 Å². The van der Waals surface area contributed by atoms with E-state index in [0.717, 1.165) is 11.5 Å². The van der Waals surface area contributed by atoms with Gasteiger partial charge in [0.05, 0.1) is 12.2 Å². The average molecular weight is 340 g/mol. The lowest BCUT2D eigenvalue weighted by Gasteiger charge is -2.37. The molecule has 2 aromatic carbocycles. The molecule has 2 aromatic rings. The Bertz CT molecular complexity index is 675. The maximum Gasteiger partial charge on any atom is 0.128 e. The van der Waals surface area contributed by atoms with Gasteiger partial charge in [-0.15, -0.1) is 0 Å². The van der Waals surface area contributed by atoms with Crippen LogP contribution in [0.3, 0.4) is 0 Å². The monoisotopic (exact) mass is 340 g/mol. The zero-order valence-electron chi connectivity index (χ0n) is 14.1. The maximum atomic E-state index is 10.5. The third-order valence-corrected chi connectivity index (χ3v) is 5.47. The van der Waals surface area contributed by atoms with Crippen LogP contribution in [0.2, 0.25) is 0 Å². The number of fused-ring (bicyclic) bond motifs is 1. The Balaban J connectivity index is 1.48. The van der Waals surface area contributed by atoms with Crippen molar-refractivity contribution in [2.24, 2.45) is 11.8 Å². The van der Waals surface area contributed by atoms with E-state index in [4.69, 9.17) is 9.47 Å². The highest BCUT2D eigenvalue weighted by Gasteiger charge is 2.50. The van der Waals surface area contributed by atoms with Crippen LogP contribution in [0.5, 0.6) is 11.5 Å². The maximum absolute atomic E-state index is 10.5. The van der Waals surface area contributed by atoms with E-state index in [2.05, 4.69) is 0 Å². The summed E-state index contributed by atoms with van der Waals surface area (Å²) >= 11 is 0. The highest BCUT2D eigenvalue weighted by atomic mass is 16.5. The van der Waals surface area contributed by atoms with Gasteiger partial charge in [-0.25, -0.2) is 0 Å². The van der Waals surface area contributed by atoms with Gasteiger partial charge in [0.2, 0.25) is 0 Å². The minimum atomic E-state index is -0.510. The molecule has 4 heteroatoms. The van der Waals surface area contributed by atoms with E-state index in [0.29, 0.717) is 19.3 Å². The highest BCUT2D eigenvalue weighted by Crippen LogP contribution is 2.45. The first-order valence-electron chi connectivity index (χ1n) is 9.00. The fourth-order valence-electron chi connectivity index (χ4n) is 4.28. The number of hydrogen-bond acceptors (Lipinski definition) is 4. The Kier molecular flexibility index (Phi) is 4.64. The predicted molar refractivity (Wildman–Crippen MR) is 94.6 cm³/mol. The van der Waals surface area contributed by atoms with Crippen LogP contribution in [-0.2, 0) is 0 Å². The second-order valence-electron chi connectivity index (χ2n) is 7.13. The van der Waals surface area contributed by atoms with Gasteiger partial charge in [-0.3, -0.25) is 0 Å². The standard InChI is InChI=1S/C21H24O4/c22-18-11-14-12-19(23)21(25-16-9-5-2-6-10-16)17(14)13-20(18)24-15-7-3-1-4-8-15/h1-10,14,17-23H,11-13H2. The van der Waals surface area contributed by atoms with Gasteiger partial charge in [0.15, 0.2) is 0 Å². The van der Waals surface area contributed by atoms with Crippen LogP contribution < -0.4 is 9.47 Å². The Morgan fingerprint density at radius 3 is 1.88 bits per heavy atom. The molecule has 2 N–H and O–H groups in total. The van der Waals surface area contributed by atoms with Crippen LogP contribution in [0.4, 0.5) is 0 Å². The summed E-state index contributed by atoms with van der Waals surface area (Å²) in [6.07, 6.45) is 0.486. The van der Waals surface area contributed by atoms with Gasteiger partial charge in [-0.1, -0.05) is 36.4 Å². The summed E-state index contributed by atoms with van der Waals surface area (Å²) in [5.41, 5.74) is 0. The molecule has 0 bridgehead atoms. The molecule has 2 aliphatic carbocycles. The Labute approximate surface area is 148 Å². The summed E-state index contributed by atoms with van der Waals surface area (Å²) in [4.78, 5) is 0. The van der Waals surface area contributed by atoms with Crippen LogP contribution in [0.1, 0.15) is 19.3 Å². The lowest BCUT2D eigenvalue weighted by atomic mass is 9.78. The molecular formula is C21H24O4. The minimum Gasteiger partial charge on any atom is -0.488 e. The fourth-order valence-corrected chi connectivity index (χ4v) is 4.28. The first-order chi connectivity index (χ1) is 12.2. The molecule has 0 saturated heterocycles. The molecule has 6 atom stereocenters. The zero-order valence-corrected chi connectivity index (χ0v) is 14.1. The smallest absolute Gasteiger partial charge is 0.128 e. The molecule has 0 amide bonds. The largest absolute Gasteiger partial charge is 0.488 e. The van der Waals surface area contributed by atoms with Crippen molar-refractivity contribution < 1.29 is 19.7 Å². The first kappa shape index (κ1) is 16.4. The van der Waals surface area contributed by atoms with Gasteiger partial charge in [-0.2, -0.15) is 0 Å². The normalized spacial score (nSPS) is 34.3. The Morgan fingerprint density at radius 2 is 1.24 bits per heavy atom. The van der Waals surface area contributed by atoms with Gasteiger partial charge < -0.3 is 19.7 Å². The summed E-state index contributed by atoms with van der Waals surface area (Å²) in [6.45, 7) is 0. The highest BCUT2D eigenvalue weighted by molar-refractivity contribution is 5.23. The molecule has 132 valence electrons. The van der Waals surface area contributed by atoms with E-state index in [1.807, 2.05) is 60.7 Å². The number of para-hydroxylation sites is 2. The van der Waals surface area contributed by atoms with Crippen LogP contribution in [0.25, 0.3) is 0 Å². The topological polar surface area (TPSA) is 58.9 Å². The number of aliphatic hydroxyl groups is 2. The lowest BCUT2D eigenvalue weighted by Crippen LogP contribution is -2.44. The lowest BCUT2D eigenvalue weighted by molar-refractivity contribution is -0.0466. The third kappa shape index (κ3) is 3.51. The fraction of sp³-hybridized carbons (Fsp3) is 0.429. The quantitative estimate of drug-likeness (QED) is 0.898. The third-order valence-electron chi connectivity index (χ3n) is 5.47. The van der Waals surface area contributed by atoms with Crippen molar-refractivity contribution in [2.45, 2.75) is 43.7 Å². The van der Waals surface area contributed by atoms with Gasteiger partial charge in [-0.05, 0) is 49.4 Å². The van der Waals surface area contributed by atoms with Crippen molar-refractivity contribution in [3.05, 3.63) is 60.7 Å². The van der Waals surface area contributed by atoms with E-state index in [-0.39, 0.29) is 24.0 Å². The average Bonchev–Trinajstić information content (AvgIpc) is 2.92. The second kappa shape index (κ2) is 7.06. The van der Waals surface area contributed by atoms with E-state index in [9.17, 15) is 10.2 Å². The molecule has 2 saturated carbocycles. The first-order valence-corrected chi connectivity index (χ1v) is 9.00. The van der Waals surface area contributed by atoms with Crippen molar-refractivity contribution in [3.63, 3.8) is 0 Å². The SMILES string of the molecule is OC1CC2CC(O)C(Oc3ccccc3)C2CC1Oc1ccccc1. The number of ether oxygens (including phenoxy) is 2. The van der Waals surface area contributed by atoms with Gasteiger partial charge in [0.1, 0.15) is 23.7 Å². The van der Waals surface area contributed by atoms with Crippen LogP contribution >= 0.6 is 0 Å². The molecule has 25 heavy (non-hydrogen) atoms. The molecule has 2 aliphatic rings. The Hall–Kier alpha value is -2.04. The minimum absolute atomic E-state index is 0.187. The number of hydrogen-bond donors (Lipinski definition) is 2. The molecular weight excluding hydrogens is 316 g/mol. The van der Waals surface area contributed by atoms with Crippen molar-refractivity contribution in [1.82, 2.24) is 0 Å². The zero-order chi connectivity index (χ0) is 17.2. The van der Waals surface area contributed by atoms with Crippen molar-refractivity contribution in [3.8, 4) is 11.5 Å². The second-order valence-corrected chi connectivity index (χ2v) is 7.13. The van der Waals surface area contributed by atoms with Gasteiger partial charge in [0, 0.05) is 5.92 Å². The molecule has 4 rings (SSSR count). The molecule has 6 unspecified atom stereocenters. The van der Waals surface area contributed by atoms with E-state index in [1.54, 1.807) is 0 Å². The molecule has 4 nitrogen and oxygen atoms in total. The molecule has 0 aromatic heterocycles. The van der Waals surface area contributed by atoms with Gasteiger partial charge >= 0.3 is 0 Å². The van der Waals surface area contributed by atoms with E-state index < -0.39 is 12.2 Å². The Morgan fingerprint density at radius 1 is 0.680 bits per heavy atom. The molecule has 0 aliphatic heterocycles. The number of aliphatic hydroxyl groups excluding tert-OH is 2. The molecule has 0 heterocycles. The van der Waals surface area contributed by atoms with Crippen LogP contribution in [-0.4, -0.2) is 34.6 Å². The number of rotatable bonds is 4. The predicted octanol–water partition coefficient (Wildman–Crippen LogP) is 3.03. The van der Waals surface area contributed by atoms with Crippen molar-refractivity contribution in [2.75, 3.05) is 0 Å². The summed E-state index contributed by atoms with van der Waals surface area (Å²) in [5.74, 6) is 2.00. The van der Waals surface area contributed by atoms with Gasteiger partial charge in [0.25, 0.3) is 0 Å². The van der Waals surface area contributed by atoms with Crippen molar-refractivity contribution in [1.29, 1.82) is 0 Å². The summed E-state index contributed by atoms with van der Waals surface area (Å²) in [7, 11) is 0. The number of benzene rings is 2. The van der Waals surface area contributed by atoms with E-state index in [1.165, 1.54) is 0 Å².